The second-order valence-corrected chi connectivity index (χ2v) is 4.99. The summed E-state index contributed by atoms with van der Waals surface area (Å²) in [5, 5.41) is 12.9. The lowest BCUT2D eigenvalue weighted by molar-refractivity contribution is 0.0527. The molecular formula is C16H18N2O5. The highest BCUT2D eigenvalue weighted by Crippen LogP contribution is 2.38. The van der Waals surface area contributed by atoms with Crippen molar-refractivity contribution in [1.82, 2.24) is 4.98 Å². The second-order valence-electron chi connectivity index (χ2n) is 4.99. The SMILES string of the molecule is CCOC(=O)c1cnc2cc3c(cc2c1NCCCO)OCO3. The van der Waals surface area contributed by atoms with Gasteiger partial charge in [-0.25, -0.2) is 4.79 Å². The standard InChI is InChI=1S/C16H18N2O5/c1-2-21-16(20)11-8-18-12-7-14-13(22-9-23-14)6-10(12)15(11)17-4-3-5-19/h6-8,19H,2-5,9H2,1H3,(H,17,18). The van der Waals surface area contributed by atoms with E-state index in [1.807, 2.05) is 0 Å². The van der Waals surface area contributed by atoms with Crippen LogP contribution in [-0.2, 0) is 4.74 Å². The molecule has 0 aliphatic carbocycles. The summed E-state index contributed by atoms with van der Waals surface area (Å²) < 4.78 is 15.8. The van der Waals surface area contributed by atoms with E-state index in [4.69, 9.17) is 19.3 Å². The number of anilines is 1. The average molecular weight is 318 g/mol. The number of nitrogens with one attached hydrogen (secondary N) is 1. The molecule has 1 aliphatic rings. The van der Waals surface area contributed by atoms with Gasteiger partial charge in [-0.15, -0.1) is 0 Å². The summed E-state index contributed by atoms with van der Waals surface area (Å²) in [6, 6.07) is 3.58. The van der Waals surface area contributed by atoms with Gasteiger partial charge in [-0.2, -0.15) is 0 Å². The summed E-state index contributed by atoms with van der Waals surface area (Å²) in [6.45, 7) is 2.80. The Balaban J connectivity index is 2.09. The van der Waals surface area contributed by atoms with E-state index in [-0.39, 0.29) is 20.0 Å². The molecule has 1 aromatic heterocycles. The third-order valence-corrected chi connectivity index (χ3v) is 3.49. The summed E-state index contributed by atoms with van der Waals surface area (Å²) in [4.78, 5) is 16.5. The summed E-state index contributed by atoms with van der Waals surface area (Å²) in [7, 11) is 0. The molecule has 3 rings (SSSR count). The number of benzene rings is 1. The fraction of sp³-hybridized carbons (Fsp3) is 0.375. The highest BCUT2D eigenvalue weighted by atomic mass is 16.7. The van der Waals surface area contributed by atoms with Crippen molar-refractivity contribution >= 4 is 22.6 Å². The zero-order valence-corrected chi connectivity index (χ0v) is 12.8. The van der Waals surface area contributed by atoms with Crippen LogP contribution >= 0.6 is 0 Å². The van der Waals surface area contributed by atoms with Gasteiger partial charge in [-0.3, -0.25) is 4.98 Å². The molecule has 2 aromatic rings. The largest absolute Gasteiger partial charge is 0.462 e. The predicted octanol–water partition coefficient (Wildman–Crippen LogP) is 1.93. The monoisotopic (exact) mass is 318 g/mol. The number of rotatable bonds is 6. The maximum atomic E-state index is 12.2. The van der Waals surface area contributed by atoms with E-state index in [0.717, 1.165) is 5.39 Å². The van der Waals surface area contributed by atoms with E-state index in [1.165, 1.54) is 6.20 Å². The maximum Gasteiger partial charge on any atom is 0.341 e. The summed E-state index contributed by atoms with van der Waals surface area (Å²) >= 11 is 0. The number of aliphatic hydroxyl groups excluding tert-OH is 1. The quantitative estimate of drug-likeness (QED) is 0.621. The summed E-state index contributed by atoms with van der Waals surface area (Å²) in [5.41, 5.74) is 1.67. The van der Waals surface area contributed by atoms with Crippen LogP contribution in [0.25, 0.3) is 10.9 Å². The van der Waals surface area contributed by atoms with Crippen LogP contribution in [0.3, 0.4) is 0 Å². The zero-order valence-electron chi connectivity index (χ0n) is 12.8. The smallest absolute Gasteiger partial charge is 0.341 e. The van der Waals surface area contributed by atoms with Crippen molar-refractivity contribution in [3.63, 3.8) is 0 Å². The Bertz CT molecular complexity index is 732. The average Bonchev–Trinajstić information content (AvgIpc) is 3.00. The van der Waals surface area contributed by atoms with Crippen LogP contribution in [0.2, 0.25) is 0 Å². The van der Waals surface area contributed by atoms with E-state index in [1.54, 1.807) is 19.1 Å². The van der Waals surface area contributed by atoms with E-state index in [2.05, 4.69) is 10.3 Å². The molecule has 0 radical (unpaired) electrons. The van der Waals surface area contributed by atoms with Gasteiger partial charge in [-0.1, -0.05) is 0 Å². The van der Waals surface area contributed by atoms with Crippen LogP contribution in [0.1, 0.15) is 23.7 Å². The summed E-state index contributed by atoms with van der Waals surface area (Å²) in [5.74, 6) is 0.812. The van der Waals surface area contributed by atoms with Crippen molar-refractivity contribution in [2.45, 2.75) is 13.3 Å². The van der Waals surface area contributed by atoms with Gasteiger partial charge < -0.3 is 24.6 Å². The third kappa shape index (κ3) is 3.00. The number of aliphatic hydroxyl groups is 1. The van der Waals surface area contributed by atoms with Crippen LogP contribution in [0, 0.1) is 0 Å². The minimum absolute atomic E-state index is 0.0666. The number of carbonyl (C=O) groups excluding carboxylic acids is 1. The molecule has 7 nitrogen and oxygen atoms in total. The molecule has 0 fully saturated rings. The predicted molar refractivity (Wildman–Crippen MR) is 84.0 cm³/mol. The fourth-order valence-electron chi connectivity index (χ4n) is 2.43. The van der Waals surface area contributed by atoms with Gasteiger partial charge in [0.05, 0.1) is 17.8 Å². The first-order valence-corrected chi connectivity index (χ1v) is 7.48. The number of ether oxygens (including phenoxy) is 3. The summed E-state index contributed by atoms with van der Waals surface area (Å²) in [6.07, 6.45) is 2.06. The maximum absolute atomic E-state index is 12.2. The van der Waals surface area contributed by atoms with E-state index in [0.29, 0.717) is 41.2 Å². The first-order valence-electron chi connectivity index (χ1n) is 7.48. The molecule has 2 heterocycles. The molecule has 1 aromatic carbocycles. The first kappa shape index (κ1) is 15.4. The first-order chi connectivity index (χ1) is 11.2. The van der Waals surface area contributed by atoms with Gasteiger partial charge in [0.25, 0.3) is 0 Å². The molecule has 122 valence electrons. The fourth-order valence-corrected chi connectivity index (χ4v) is 2.43. The number of aromatic nitrogens is 1. The van der Waals surface area contributed by atoms with Crippen LogP contribution in [-0.4, -0.2) is 42.6 Å². The van der Waals surface area contributed by atoms with Gasteiger partial charge in [-0.05, 0) is 19.4 Å². The highest BCUT2D eigenvalue weighted by Gasteiger charge is 2.20. The molecule has 0 spiro atoms. The number of carbonyl (C=O) groups is 1. The van der Waals surface area contributed by atoms with Gasteiger partial charge in [0, 0.05) is 30.8 Å². The number of hydrogen-bond acceptors (Lipinski definition) is 7. The molecular weight excluding hydrogens is 300 g/mol. The van der Waals surface area contributed by atoms with Crippen LogP contribution < -0.4 is 14.8 Å². The molecule has 7 heteroatoms. The van der Waals surface area contributed by atoms with Crippen molar-refractivity contribution in [1.29, 1.82) is 0 Å². The Morgan fingerprint density at radius 1 is 1.39 bits per heavy atom. The Morgan fingerprint density at radius 2 is 2.17 bits per heavy atom. The van der Waals surface area contributed by atoms with Gasteiger partial charge in [0.2, 0.25) is 6.79 Å². The van der Waals surface area contributed by atoms with Crippen LogP contribution in [0.5, 0.6) is 11.5 Å². The second kappa shape index (κ2) is 6.70. The molecule has 0 unspecified atom stereocenters. The van der Waals surface area contributed by atoms with Crippen molar-refractivity contribution in [3.8, 4) is 11.5 Å². The number of esters is 1. The minimum atomic E-state index is -0.439. The van der Waals surface area contributed by atoms with Crippen molar-refractivity contribution in [3.05, 3.63) is 23.9 Å². The molecule has 0 atom stereocenters. The van der Waals surface area contributed by atoms with Gasteiger partial charge >= 0.3 is 5.97 Å². The zero-order chi connectivity index (χ0) is 16.2. The topological polar surface area (TPSA) is 89.9 Å². The van der Waals surface area contributed by atoms with E-state index < -0.39 is 5.97 Å². The minimum Gasteiger partial charge on any atom is -0.462 e. The Kier molecular flexibility index (Phi) is 4.47. The lowest BCUT2D eigenvalue weighted by Crippen LogP contribution is -2.12. The molecule has 1 aliphatic heterocycles. The molecule has 0 amide bonds. The Labute approximate surface area is 133 Å². The molecule has 0 saturated heterocycles. The lowest BCUT2D eigenvalue weighted by Gasteiger charge is -2.14. The molecule has 0 bridgehead atoms. The molecule has 23 heavy (non-hydrogen) atoms. The highest BCUT2D eigenvalue weighted by molar-refractivity contribution is 6.05. The normalized spacial score (nSPS) is 12.4. The third-order valence-electron chi connectivity index (χ3n) is 3.49. The number of hydrogen-bond donors (Lipinski definition) is 2. The van der Waals surface area contributed by atoms with Crippen LogP contribution in [0.4, 0.5) is 5.69 Å². The van der Waals surface area contributed by atoms with Gasteiger partial charge in [0.1, 0.15) is 5.56 Å². The Hall–Kier alpha value is -2.54. The van der Waals surface area contributed by atoms with Crippen molar-refractivity contribution in [2.24, 2.45) is 0 Å². The molecule has 2 N–H and O–H groups in total. The Morgan fingerprint density at radius 3 is 2.91 bits per heavy atom. The number of fused-ring (bicyclic) bond motifs is 2. The van der Waals surface area contributed by atoms with Crippen molar-refractivity contribution in [2.75, 3.05) is 31.9 Å². The lowest BCUT2D eigenvalue weighted by atomic mass is 10.1. The number of nitrogens with zero attached hydrogens (tertiary/aromatic N) is 1. The van der Waals surface area contributed by atoms with Gasteiger partial charge in [0.15, 0.2) is 11.5 Å². The van der Waals surface area contributed by atoms with E-state index in [9.17, 15) is 4.79 Å². The number of pyridine rings is 1. The van der Waals surface area contributed by atoms with Crippen molar-refractivity contribution < 1.29 is 24.1 Å². The van der Waals surface area contributed by atoms with E-state index >= 15 is 0 Å². The molecule has 0 saturated carbocycles. The van der Waals surface area contributed by atoms with Crippen LogP contribution in [0.15, 0.2) is 18.3 Å².